The van der Waals surface area contributed by atoms with Crippen LogP contribution in [0.15, 0.2) is 36.4 Å². The van der Waals surface area contributed by atoms with Crippen LogP contribution in [-0.4, -0.2) is 54.2 Å². The predicted molar refractivity (Wildman–Crippen MR) is 91.1 cm³/mol. The standard InChI is InChI=1S/C18H21N3O2/c1-13-12-15(14-6-4-3-5-7-14)16(18(22)23)17(19-13)21-10-8-20(2)9-11-21/h3-7,12H,8-11H2,1-2H3,(H,22,23). The number of aryl methyl sites for hydroxylation is 1. The maximum Gasteiger partial charge on any atom is 0.340 e. The average molecular weight is 311 g/mol. The molecular weight excluding hydrogens is 290 g/mol. The fourth-order valence-corrected chi connectivity index (χ4v) is 2.96. The quantitative estimate of drug-likeness (QED) is 0.944. The Kier molecular flexibility index (Phi) is 4.30. The highest BCUT2D eigenvalue weighted by Crippen LogP contribution is 2.31. The average Bonchev–Trinajstić information content (AvgIpc) is 2.55. The lowest BCUT2D eigenvalue weighted by Gasteiger charge is -2.34. The largest absolute Gasteiger partial charge is 0.478 e. The molecule has 0 spiro atoms. The Hall–Kier alpha value is -2.40. The van der Waals surface area contributed by atoms with E-state index in [2.05, 4.69) is 21.8 Å². The molecule has 5 nitrogen and oxygen atoms in total. The molecule has 0 bridgehead atoms. The molecule has 1 aliphatic heterocycles. The van der Waals surface area contributed by atoms with E-state index in [0.29, 0.717) is 11.4 Å². The second kappa shape index (κ2) is 6.38. The molecule has 0 saturated carbocycles. The summed E-state index contributed by atoms with van der Waals surface area (Å²) in [5.74, 6) is -0.338. The van der Waals surface area contributed by atoms with E-state index in [0.717, 1.165) is 43.0 Å². The first kappa shape index (κ1) is 15.5. The number of hydrogen-bond acceptors (Lipinski definition) is 4. The number of rotatable bonds is 3. The number of aromatic carboxylic acids is 1. The van der Waals surface area contributed by atoms with Crippen LogP contribution in [0.25, 0.3) is 11.1 Å². The maximum absolute atomic E-state index is 12.0. The van der Waals surface area contributed by atoms with E-state index >= 15 is 0 Å². The summed E-state index contributed by atoms with van der Waals surface area (Å²) in [5.41, 5.74) is 2.78. The highest BCUT2D eigenvalue weighted by molar-refractivity contribution is 6.01. The molecule has 5 heteroatoms. The molecule has 1 aromatic heterocycles. The van der Waals surface area contributed by atoms with Crippen LogP contribution in [0.3, 0.4) is 0 Å². The van der Waals surface area contributed by atoms with Gasteiger partial charge in [0.05, 0.1) is 0 Å². The molecule has 1 N–H and O–H groups in total. The monoisotopic (exact) mass is 311 g/mol. The first-order chi connectivity index (χ1) is 11.1. The van der Waals surface area contributed by atoms with Crippen LogP contribution in [0, 0.1) is 6.92 Å². The number of carboxylic acids is 1. The molecule has 23 heavy (non-hydrogen) atoms. The summed E-state index contributed by atoms with van der Waals surface area (Å²) in [6.45, 7) is 5.32. The molecule has 1 aliphatic rings. The Morgan fingerprint density at radius 1 is 1.13 bits per heavy atom. The van der Waals surface area contributed by atoms with Gasteiger partial charge in [-0.15, -0.1) is 0 Å². The zero-order valence-corrected chi connectivity index (χ0v) is 13.5. The Balaban J connectivity index is 2.12. The van der Waals surface area contributed by atoms with Crippen molar-refractivity contribution in [1.82, 2.24) is 9.88 Å². The van der Waals surface area contributed by atoms with Crippen molar-refractivity contribution < 1.29 is 9.90 Å². The van der Waals surface area contributed by atoms with Crippen LogP contribution >= 0.6 is 0 Å². The van der Waals surface area contributed by atoms with Gasteiger partial charge in [-0.2, -0.15) is 0 Å². The van der Waals surface area contributed by atoms with E-state index in [-0.39, 0.29) is 0 Å². The van der Waals surface area contributed by atoms with Gasteiger partial charge in [-0.05, 0) is 25.6 Å². The lowest BCUT2D eigenvalue weighted by Crippen LogP contribution is -2.45. The third-order valence-corrected chi connectivity index (χ3v) is 4.23. The molecule has 1 saturated heterocycles. The molecular formula is C18H21N3O2. The van der Waals surface area contributed by atoms with Crippen LogP contribution in [-0.2, 0) is 0 Å². The fourth-order valence-electron chi connectivity index (χ4n) is 2.96. The van der Waals surface area contributed by atoms with E-state index in [4.69, 9.17) is 0 Å². The van der Waals surface area contributed by atoms with Gasteiger partial charge in [-0.25, -0.2) is 9.78 Å². The second-order valence-electron chi connectivity index (χ2n) is 5.97. The highest BCUT2D eigenvalue weighted by Gasteiger charge is 2.25. The van der Waals surface area contributed by atoms with Crippen LogP contribution in [0.1, 0.15) is 16.1 Å². The third kappa shape index (κ3) is 3.19. The Morgan fingerprint density at radius 3 is 2.39 bits per heavy atom. The van der Waals surface area contributed by atoms with Crippen LogP contribution in [0.2, 0.25) is 0 Å². The van der Waals surface area contributed by atoms with Crippen LogP contribution in [0.5, 0.6) is 0 Å². The van der Waals surface area contributed by atoms with E-state index in [1.54, 1.807) is 0 Å². The summed E-state index contributed by atoms with van der Waals surface area (Å²) < 4.78 is 0. The van der Waals surface area contributed by atoms with E-state index in [1.807, 2.05) is 43.3 Å². The van der Waals surface area contributed by atoms with Crippen molar-refractivity contribution in [1.29, 1.82) is 0 Å². The van der Waals surface area contributed by atoms with Gasteiger partial charge in [0, 0.05) is 37.4 Å². The molecule has 3 rings (SSSR count). The molecule has 120 valence electrons. The molecule has 0 aliphatic carbocycles. The predicted octanol–water partition coefficient (Wildman–Crippen LogP) is 2.51. The van der Waals surface area contributed by atoms with Crippen molar-refractivity contribution in [3.63, 3.8) is 0 Å². The first-order valence-corrected chi connectivity index (χ1v) is 7.80. The van der Waals surface area contributed by atoms with Crippen molar-refractivity contribution in [2.24, 2.45) is 0 Å². The minimum atomic E-state index is -0.926. The molecule has 2 aromatic rings. The Bertz CT molecular complexity index is 708. The molecule has 1 aromatic carbocycles. The minimum Gasteiger partial charge on any atom is -0.478 e. The van der Waals surface area contributed by atoms with E-state index in [9.17, 15) is 9.90 Å². The fraction of sp³-hybridized carbons (Fsp3) is 0.333. The normalized spacial score (nSPS) is 15.7. The SMILES string of the molecule is Cc1cc(-c2ccccc2)c(C(=O)O)c(N2CCN(C)CC2)n1. The number of pyridine rings is 1. The molecule has 0 unspecified atom stereocenters. The number of aromatic nitrogens is 1. The number of anilines is 1. The van der Waals surface area contributed by atoms with Gasteiger partial charge in [0.25, 0.3) is 0 Å². The zero-order valence-electron chi connectivity index (χ0n) is 13.5. The van der Waals surface area contributed by atoms with Crippen molar-refractivity contribution in [2.75, 3.05) is 38.1 Å². The lowest BCUT2D eigenvalue weighted by molar-refractivity contribution is 0.0698. The Labute approximate surface area is 136 Å². The number of nitrogens with zero attached hydrogens (tertiary/aromatic N) is 3. The smallest absolute Gasteiger partial charge is 0.340 e. The number of carbonyl (C=O) groups is 1. The summed E-state index contributed by atoms with van der Waals surface area (Å²) >= 11 is 0. The first-order valence-electron chi connectivity index (χ1n) is 7.80. The molecule has 0 amide bonds. The molecule has 2 heterocycles. The topological polar surface area (TPSA) is 56.7 Å². The van der Waals surface area contributed by atoms with Gasteiger partial charge >= 0.3 is 5.97 Å². The summed E-state index contributed by atoms with van der Waals surface area (Å²) in [6, 6.07) is 11.5. The Morgan fingerprint density at radius 2 is 1.78 bits per heavy atom. The van der Waals surface area contributed by atoms with Crippen LogP contribution in [0.4, 0.5) is 5.82 Å². The summed E-state index contributed by atoms with van der Waals surface area (Å²) in [4.78, 5) is 20.8. The molecule has 0 atom stereocenters. The van der Waals surface area contributed by atoms with Crippen molar-refractivity contribution in [3.05, 3.63) is 47.7 Å². The van der Waals surface area contributed by atoms with Gasteiger partial charge in [0.2, 0.25) is 0 Å². The van der Waals surface area contributed by atoms with Gasteiger partial charge in [-0.3, -0.25) is 0 Å². The number of likely N-dealkylation sites (N-methyl/N-ethyl adjacent to an activating group) is 1. The second-order valence-corrected chi connectivity index (χ2v) is 5.97. The lowest BCUT2D eigenvalue weighted by atomic mass is 9.99. The maximum atomic E-state index is 12.0. The van der Waals surface area contributed by atoms with E-state index < -0.39 is 5.97 Å². The molecule has 0 radical (unpaired) electrons. The number of carboxylic acid groups (broad SMARTS) is 1. The van der Waals surface area contributed by atoms with Gasteiger partial charge < -0.3 is 14.9 Å². The number of hydrogen-bond donors (Lipinski definition) is 1. The summed E-state index contributed by atoms with van der Waals surface area (Å²) in [5, 5.41) is 9.80. The van der Waals surface area contributed by atoms with Crippen LogP contribution < -0.4 is 4.90 Å². The van der Waals surface area contributed by atoms with Gasteiger partial charge in [-0.1, -0.05) is 30.3 Å². The van der Waals surface area contributed by atoms with Crippen molar-refractivity contribution >= 4 is 11.8 Å². The summed E-state index contributed by atoms with van der Waals surface area (Å²) in [6.07, 6.45) is 0. The zero-order chi connectivity index (χ0) is 16.4. The summed E-state index contributed by atoms with van der Waals surface area (Å²) in [7, 11) is 2.08. The third-order valence-electron chi connectivity index (χ3n) is 4.23. The van der Waals surface area contributed by atoms with Gasteiger partial charge in [0.15, 0.2) is 0 Å². The highest BCUT2D eigenvalue weighted by atomic mass is 16.4. The number of piperazine rings is 1. The van der Waals surface area contributed by atoms with E-state index in [1.165, 1.54) is 0 Å². The molecule has 1 fully saturated rings. The minimum absolute atomic E-state index is 0.298. The van der Waals surface area contributed by atoms with Gasteiger partial charge in [0.1, 0.15) is 11.4 Å². The number of benzene rings is 1. The van der Waals surface area contributed by atoms with Crippen molar-refractivity contribution in [2.45, 2.75) is 6.92 Å². The van der Waals surface area contributed by atoms with Crippen molar-refractivity contribution in [3.8, 4) is 11.1 Å².